The second kappa shape index (κ2) is 7.01. The maximum Gasteiger partial charge on any atom is 0.340 e. The van der Waals surface area contributed by atoms with Crippen LogP contribution in [0.1, 0.15) is 24.2 Å². The van der Waals surface area contributed by atoms with E-state index in [4.69, 9.17) is 0 Å². The van der Waals surface area contributed by atoms with E-state index >= 15 is 0 Å². The van der Waals surface area contributed by atoms with Gasteiger partial charge in [0.1, 0.15) is 6.04 Å². The third kappa shape index (κ3) is 3.68. The van der Waals surface area contributed by atoms with Gasteiger partial charge in [-0.05, 0) is 26.0 Å². The molecule has 1 amide bonds. The maximum atomic E-state index is 13.9. The summed E-state index contributed by atoms with van der Waals surface area (Å²) in [5, 5.41) is 2.59. The molecule has 1 atom stereocenters. The third-order valence-corrected chi connectivity index (χ3v) is 3.08. The van der Waals surface area contributed by atoms with Crippen LogP contribution in [0, 0.1) is 11.6 Å². The molecule has 0 fully saturated rings. The lowest BCUT2D eigenvalue weighted by Crippen LogP contribution is -2.39. The molecule has 1 rings (SSSR count). The zero-order chi connectivity index (χ0) is 16.2. The lowest BCUT2D eigenvalue weighted by molar-refractivity contribution is -0.130. The highest BCUT2D eigenvalue weighted by atomic mass is 19.2. The number of nitrogens with one attached hydrogen (secondary N) is 1. The quantitative estimate of drug-likeness (QED) is 0.845. The molecule has 0 aliphatic heterocycles. The van der Waals surface area contributed by atoms with Crippen LogP contribution < -0.4 is 5.32 Å². The molecule has 1 N–H and O–H groups in total. The largest absolute Gasteiger partial charge is 0.465 e. The molecule has 0 aliphatic carbocycles. The van der Waals surface area contributed by atoms with E-state index in [1.54, 1.807) is 20.9 Å². The number of methoxy groups -OCH3 is 1. The van der Waals surface area contributed by atoms with Crippen LogP contribution in [-0.2, 0) is 9.53 Å². The number of esters is 1. The Balaban J connectivity index is 2.98. The van der Waals surface area contributed by atoms with Gasteiger partial charge in [-0.3, -0.25) is 4.79 Å². The maximum absolute atomic E-state index is 13.9. The fourth-order valence-electron chi connectivity index (χ4n) is 1.71. The van der Waals surface area contributed by atoms with Crippen molar-refractivity contribution in [3.63, 3.8) is 0 Å². The highest BCUT2D eigenvalue weighted by molar-refractivity contribution is 5.90. The fourth-order valence-corrected chi connectivity index (χ4v) is 1.71. The highest BCUT2D eigenvalue weighted by Gasteiger charge is 2.22. The second-order valence-electron chi connectivity index (χ2n) is 4.50. The Labute approximate surface area is 121 Å². The van der Waals surface area contributed by atoms with Crippen LogP contribution in [-0.4, -0.2) is 43.5 Å². The first-order valence-electron chi connectivity index (χ1n) is 6.41. The summed E-state index contributed by atoms with van der Waals surface area (Å²) >= 11 is 0. The first kappa shape index (κ1) is 16.9. The first-order chi connectivity index (χ1) is 9.83. The molecule has 1 unspecified atom stereocenters. The standard InChI is InChI=1S/C14H18F2N2O3/c1-5-18(3)13(19)8(2)17-10-7-6-9(14(20)21-4)11(15)12(10)16/h6-8,17H,5H2,1-4H3. The van der Waals surface area contributed by atoms with Crippen molar-refractivity contribution >= 4 is 17.6 Å². The van der Waals surface area contributed by atoms with E-state index in [9.17, 15) is 18.4 Å². The Kier molecular flexibility index (Phi) is 5.63. The summed E-state index contributed by atoms with van der Waals surface area (Å²) in [5.74, 6) is -3.76. The van der Waals surface area contributed by atoms with Gasteiger partial charge in [-0.15, -0.1) is 0 Å². The van der Waals surface area contributed by atoms with Crippen molar-refractivity contribution in [3.8, 4) is 0 Å². The second-order valence-corrected chi connectivity index (χ2v) is 4.50. The van der Waals surface area contributed by atoms with Crippen molar-refractivity contribution in [2.24, 2.45) is 0 Å². The van der Waals surface area contributed by atoms with Crippen molar-refractivity contribution in [1.82, 2.24) is 4.90 Å². The number of benzene rings is 1. The van der Waals surface area contributed by atoms with E-state index in [-0.39, 0.29) is 11.6 Å². The SMILES string of the molecule is CCN(C)C(=O)C(C)Nc1ccc(C(=O)OC)c(F)c1F. The van der Waals surface area contributed by atoms with Crippen LogP contribution in [0.5, 0.6) is 0 Å². The molecule has 0 saturated carbocycles. The zero-order valence-corrected chi connectivity index (χ0v) is 12.4. The topological polar surface area (TPSA) is 58.6 Å². The van der Waals surface area contributed by atoms with E-state index in [1.807, 2.05) is 0 Å². The first-order valence-corrected chi connectivity index (χ1v) is 6.41. The monoisotopic (exact) mass is 300 g/mol. The molecule has 116 valence electrons. The Bertz CT molecular complexity index is 549. The van der Waals surface area contributed by atoms with E-state index in [2.05, 4.69) is 10.1 Å². The Morgan fingerprint density at radius 3 is 2.48 bits per heavy atom. The van der Waals surface area contributed by atoms with Gasteiger partial charge < -0.3 is 15.0 Å². The Morgan fingerprint density at radius 1 is 1.33 bits per heavy atom. The molecule has 0 radical (unpaired) electrons. The van der Waals surface area contributed by atoms with Gasteiger partial charge in [0.05, 0.1) is 18.4 Å². The minimum Gasteiger partial charge on any atom is -0.465 e. The van der Waals surface area contributed by atoms with Crippen LogP contribution in [0.15, 0.2) is 12.1 Å². The number of hydrogen-bond acceptors (Lipinski definition) is 4. The lowest BCUT2D eigenvalue weighted by atomic mass is 10.1. The normalized spacial score (nSPS) is 11.7. The van der Waals surface area contributed by atoms with E-state index in [1.165, 1.54) is 11.0 Å². The number of nitrogens with zero attached hydrogens (tertiary/aromatic N) is 1. The van der Waals surface area contributed by atoms with Gasteiger partial charge in [0.25, 0.3) is 0 Å². The summed E-state index contributed by atoms with van der Waals surface area (Å²) in [5.41, 5.74) is -0.685. The number of likely N-dealkylation sites (N-methyl/N-ethyl adjacent to an activating group) is 1. The van der Waals surface area contributed by atoms with Crippen molar-refractivity contribution < 1.29 is 23.1 Å². The van der Waals surface area contributed by atoms with Gasteiger partial charge in [-0.2, -0.15) is 0 Å². The number of ether oxygens (including phenoxy) is 1. The van der Waals surface area contributed by atoms with E-state index in [0.717, 1.165) is 13.2 Å². The van der Waals surface area contributed by atoms with Gasteiger partial charge in [0.15, 0.2) is 11.6 Å². The predicted molar refractivity (Wildman–Crippen MR) is 74.1 cm³/mol. The number of halogens is 2. The van der Waals surface area contributed by atoms with E-state index < -0.39 is 29.2 Å². The smallest absolute Gasteiger partial charge is 0.340 e. The van der Waals surface area contributed by atoms with Crippen molar-refractivity contribution in [2.45, 2.75) is 19.9 Å². The average molecular weight is 300 g/mol. The van der Waals surface area contributed by atoms with Gasteiger partial charge in [0, 0.05) is 13.6 Å². The van der Waals surface area contributed by atoms with Gasteiger partial charge in [0.2, 0.25) is 5.91 Å². The summed E-state index contributed by atoms with van der Waals surface area (Å²) < 4.78 is 32.0. The Hall–Kier alpha value is -2.18. The molecule has 0 aromatic heterocycles. The molecule has 1 aromatic carbocycles. The highest BCUT2D eigenvalue weighted by Crippen LogP contribution is 2.22. The minimum atomic E-state index is -1.31. The van der Waals surface area contributed by atoms with Crippen LogP contribution in [0.2, 0.25) is 0 Å². The summed E-state index contributed by atoms with van der Waals surface area (Å²) in [6.07, 6.45) is 0. The van der Waals surface area contributed by atoms with Crippen LogP contribution >= 0.6 is 0 Å². The number of carbonyl (C=O) groups excluding carboxylic acids is 2. The molecular formula is C14H18F2N2O3. The summed E-state index contributed by atoms with van der Waals surface area (Å²) in [7, 11) is 2.69. The molecule has 0 spiro atoms. The van der Waals surface area contributed by atoms with Crippen molar-refractivity contribution in [2.75, 3.05) is 26.0 Å². The third-order valence-electron chi connectivity index (χ3n) is 3.08. The Morgan fingerprint density at radius 2 is 1.95 bits per heavy atom. The number of carbonyl (C=O) groups is 2. The van der Waals surface area contributed by atoms with Crippen molar-refractivity contribution in [1.29, 1.82) is 0 Å². The number of rotatable bonds is 5. The molecule has 0 aliphatic rings. The number of anilines is 1. The van der Waals surface area contributed by atoms with Crippen LogP contribution in [0.3, 0.4) is 0 Å². The molecular weight excluding hydrogens is 282 g/mol. The fraction of sp³-hybridized carbons (Fsp3) is 0.429. The van der Waals surface area contributed by atoms with Crippen LogP contribution in [0.4, 0.5) is 14.5 Å². The van der Waals surface area contributed by atoms with Gasteiger partial charge >= 0.3 is 5.97 Å². The molecule has 0 heterocycles. The average Bonchev–Trinajstić information content (AvgIpc) is 2.49. The lowest BCUT2D eigenvalue weighted by Gasteiger charge is -2.21. The molecule has 1 aromatic rings. The number of amides is 1. The number of hydrogen-bond donors (Lipinski definition) is 1. The molecule has 0 bridgehead atoms. The predicted octanol–water partition coefficient (Wildman–Crippen LogP) is 2.03. The van der Waals surface area contributed by atoms with E-state index in [0.29, 0.717) is 6.54 Å². The molecule has 0 saturated heterocycles. The molecule has 21 heavy (non-hydrogen) atoms. The van der Waals surface area contributed by atoms with Gasteiger partial charge in [-0.25, -0.2) is 13.6 Å². The summed E-state index contributed by atoms with van der Waals surface area (Å²) in [6.45, 7) is 3.85. The summed E-state index contributed by atoms with van der Waals surface area (Å²) in [6, 6.07) is 1.57. The zero-order valence-electron chi connectivity index (χ0n) is 12.4. The minimum absolute atomic E-state index is 0.189. The summed E-state index contributed by atoms with van der Waals surface area (Å²) in [4.78, 5) is 24.6. The van der Waals surface area contributed by atoms with Gasteiger partial charge in [-0.1, -0.05) is 0 Å². The molecule has 7 heteroatoms. The molecule has 5 nitrogen and oxygen atoms in total. The van der Waals surface area contributed by atoms with Crippen molar-refractivity contribution in [3.05, 3.63) is 29.3 Å². The van der Waals surface area contributed by atoms with Crippen LogP contribution in [0.25, 0.3) is 0 Å².